The van der Waals surface area contributed by atoms with Crippen LogP contribution in [0.3, 0.4) is 0 Å². The van der Waals surface area contributed by atoms with Gasteiger partial charge in [0.25, 0.3) is 5.91 Å². The number of guanidine groups is 1. The summed E-state index contributed by atoms with van der Waals surface area (Å²) in [5.41, 5.74) is 1.19. The Kier molecular flexibility index (Phi) is 5.65. The Hall–Kier alpha value is -3.42. The molecular formula is C19H19FN4O3. The molecule has 0 radical (unpaired) electrons. The van der Waals surface area contributed by atoms with Gasteiger partial charge in [0, 0.05) is 11.4 Å². The lowest BCUT2D eigenvalue weighted by Gasteiger charge is -2.07. The Morgan fingerprint density at radius 1 is 1.15 bits per heavy atom. The third kappa shape index (κ3) is 5.04. The Morgan fingerprint density at radius 2 is 1.81 bits per heavy atom. The highest BCUT2D eigenvalue weighted by molar-refractivity contribution is 6.11. The van der Waals surface area contributed by atoms with Gasteiger partial charge in [0.1, 0.15) is 17.6 Å². The molecule has 2 amide bonds. The summed E-state index contributed by atoms with van der Waals surface area (Å²) >= 11 is 0. The van der Waals surface area contributed by atoms with Crippen molar-refractivity contribution >= 4 is 29.1 Å². The van der Waals surface area contributed by atoms with Crippen molar-refractivity contribution < 1.29 is 18.7 Å². The fraction of sp³-hybridized carbons (Fsp3) is 0.211. The largest absolute Gasteiger partial charge is 0.494 e. The third-order valence-corrected chi connectivity index (χ3v) is 3.76. The molecule has 2 aromatic rings. The first kappa shape index (κ1) is 18.4. The van der Waals surface area contributed by atoms with E-state index in [2.05, 4.69) is 20.9 Å². The molecule has 0 saturated carbocycles. The highest BCUT2D eigenvalue weighted by Gasteiger charge is 2.28. The molecule has 2 aromatic carbocycles. The number of nitrogens with one attached hydrogen (secondary N) is 3. The van der Waals surface area contributed by atoms with Crippen molar-refractivity contribution in [1.82, 2.24) is 5.32 Å². The zero-order valence-corrected chi connectivity index (χ0v) is 14.7. The van der Waals surface area contributed by atoms with E-state index in [9.17, 15) is 14.0 Å². The minimum absolute atomic E-state index is 0.113. The summed E-state index contributed by atoms with van der Waals surface area (Å²) in [4.78, 5) is 28.3. The molecule has 1 aliphatic heterocycles. The molecular weight excluding hydrogens is 351 g/mol. The molecule has 0 fully saturated rings. The number of amides is 2. The summed E-state index contributed by atoms with van der Waals surface area (Å²) in [6, 6.07) is 11.8. The van der Waals surface area contributed by atoms with Crippen LogP contribution in [0.15, 0.2) is 53.5 Å². The van der Waals surface area contributed by atoms with Gasteiger partial charge in [0.15, 0.2) is 0 Å². The molecule has 7 nitrogen and oxygen atoms in total. The monoisotopic (exact) mass is 370 g/mol. The van der Waals surface area contributed by atoms with Crippen LogP contribution >= 0.6 is 0 Å². The highest BCUT2D eigenvalue weighted by Crippen LogP contribution is 2.17. The number of anilines is 2. The predicted octanol–water partition coefficient (Wildman–Crippen LogP) is 2.52. The summed E-state index contributed by atoms with van der Waals surface area (Å²) < 4.78 is 18.3. The van der Waals surface area contributed by atoms with Gasteiger partial charge in [0.05, 0.1) is 13.0 Å². The van der Waals surface area contributed by atoms with Crippen LogP contribution in [0.1, 0.15) is 13.3 Å². The number of halogens is 1. The molecule has 0 bridgehead atoms. The van der Waals surface area contributed by atoms with Crippen molar-refractivity contribution in [2.75, 3.05) is 17.2 Å². The molecule has 1 heterocycles. The number of aliphatic imine (C=N–C) groups is 1. The summed E-state index contributed by atoms with van der Waals surface area (Å²) in [6.07, 6.45) is -0.113. The van der Waals surface area contributed by atoms with Crippen molar-refractivity contribution in [2.24, 2.45) is 4.99 Å². The summed E-state index contributed by atoms with van der Waals surface area (Å²) in [6.45, 7) is 2.48. The molecule has 0 aliphatic carbocycles. The number of carbonyl (C=O) groups is 2. The quantitative estimate of drug-likeness (QED) is 0.729. The van der Waals surface area contributed by atoms with Gasteiger partial charge in [-0.3, -0.25) is 14.9 Å². The van der Waals surface area contributed by atoms with Crippen molar-refractivity contribution in [3.05, 3.63) is 54.3 Å². The maximum absolute atomic E-state index is 12.9. The molecule has 27 heavy (non-hydrogen) atoms. The van der Waals surface area contributed by atoms with Gasteiger partial charge in [-0.25, -0.2) is 9.38 Å². The SMILES string of the molecule is CCOc1ccc(NC2=NC(CC(=O)Nc3ccc(F)cc3)C(=O)N2)cc1. The number of hydrogen-bond acceptors (Lipinski definition) is 5. The second-order valence-corrected chi connectivity index (χ2v) is 5.82. The number of ether oxygens (including phenoxy) is 1. The zero-order chi connectivity index (χ0) is 19.2. The van der Waals surface area contributed by atoms with E-state index in [1.54, 1.807) is 24.3 Å². The number of nitrogens with zero attached hydrogens (tertiary/aromatic N) is 1. The summed E-state index contributed by atoms with van der Waals surface area (Å²) in [7, 11) is 0. The molecule has 1 unspecified atom stereocenters. The van der Waals surface area contributed by atoms with Crippen LogP contribution in [0.4, 0.5) is 15.8 Å². The van der Waals surface area contributed by atoms with E-state index in [4.69, 9.17) is 4.74 Å². The number of rotatable bonds is 6. The van der Waals surface area contributed by atoms with Gasteiger partial charge in [-0.15, -0.1) is 0 Å². The Balaban J connectivity index is 1.56. The molecule has 1 atom stereocenters. The van der Waals surface area contributed by atoms with Crippen molar-refractivity contribution in [2.45, 2.75) is 19.4 Å². The average molecular weight is 370 g/mol. The van der Waals surface area contributed by atoms with Crippen molar-refractivity contribution in [1.29, 1.82) is 0 Å². The normalized spacial score (nSPS) is 15.7. The molecule has 3 N–H and O–H groups in total. The maximum atomic E-state index is 12.9. The first-order valence-corrected chi connectivity index (χ1v) is 8.47. The molecule has 0 spiro atoms. The number of hydrogen-bond donors (Lipinski definition) is 3. The van der Waals surface area contributed by atoms with E-state index < -0.39 is 11.9 Å². The Bertz CT molecular complexity index is 850. The van der Waals surface area contributed by atoms with Gasteiger partial charge in [-0.1, -0.05) is 0 Å². The number of benzene rings is 2. The fourth-order valence-electron chi connectivity index (χ4n) is 2.51. The van der Waals surface area contributed by atoms with E-state index in [1.165, 1.54) is 24.3 Å². The summed E-state index contributed by atoms with van der Waals surface area (Å²) in [5.74, 6) is -0.108. The van der Waals surface area contributed by atoms with Crippen molar-refractivity contribution in [3.8, 4) is 5.75 Å². The van der Waals surface area contributed by atoms with Gasteiger partial charge >= 0.3 is 0 Å². The molecule has 0 saturated heterocycles. The highest BCUT2D eigenvalue weighted by atomic mass is 19.1. The van der Waals surface area contributed by atoms with Crippen LogP contribution in [0, 0.1) is 5.82 Å². The molecule has 140 valence electrons. The fourth-order valence-corrected chi connectivity index (χ4v) is 2.51. The van der Waals surface area contributed by atoms with Crippen LogP contribution in [0.5, 0.6) is 5.75 Å². The molecule has 0 aromatic heterocycles. The molecule has 8 heteroatoms. The van der Waals surface area contributed by atoms with Crippen LogP contribution in [0.2, 0.25) is 0 Å². The lowest BCUT2D eigenvalue weighted by atomic mass is 10.2. The van der Waals surface area contributed by atoms with E-state index in [0.29, 0.717) is 12.3 Å². The smallest absolute Gasteiger partial charge is 0.252 e. The van der Waals surface area contributed by atoms with Crippen LogP contribution in [0.25, 0.3) is 0 Å². The molecule has 3 rings (SSSR count). The zero-order valence-electron chi connectivity index (χ0n) is 14.7. The van der Waals surface area contributed by atoms with Gasteiger partial charge < -0.3 is 15.4 Å². The third-order valence-electron chi connectivity index (χ3n) is 3.76. The van der Waals surface area contributed by atoms with Crippen LogP contribution in [-0.2, 0) is 9.59 Å². The van der Waals surface area contributed by atoms with Crippen molar-refractivity contribution in [3.63, 3.8) is 0 Å². The van der Waals surface area contributed by atoms with E-state index in [1.807, 2.05) is 6.92 Å². The standard InChI is InChI=1S/C19H19FN4O3/c1-2-27-15-9-7-14(8-10-15)22-19-23-16(18(26)24-19)11-17(25)21-13-5-3-12(20)4-6-13/h3-10,16H,2,11H2,1H3,(H,21,25)(H2,22,23,24,26). The number of carbonyl (C=O) groups excluding carboxylic acids is 2. The first-order chi connectivity index (χ1) is 13.0. The van der Waals surface area contributed by atoms with Gasteiger partial charge in [-0.05, 0) is 55.5 Å². The van der Waals surface area contributed by atoms with Crippen LogP contribution < -0.4 is 20.7 Å². The van der Waals surface area contributed by atoms with E-state index >= 15 is 0 Å². The van der Waals surface area contributed by atoms with E-state index in [-0.39, 0.29) is 24.2 Å². The maximum Gasteiger partial charge on any atom is 0.252 e. The van der Waals surface area contributed by atoms with E-state index in [0.717, 1.165) is 11.4 Å². The Labute approximate surface area is 155 Å². The lowest BCUT2D eigenvalue weighted by molar-refractivity contribution is -0.123. The Morgan fingerprint density at radius 3 is 2.48 bits per heavy atom. The second kappa shape index (κ2) is 8.31. The average Bonchev–Trinajstić information content (AvgIpc) is 2.98. The summed E-state index contributed by atoms with van der Waals surface area (Å²) in [5, 5.41) is 8.21. The topological polar surface area (TPSA) is 91.8 Å². The van der Waals surface area contributed by atoms with Gasteiger partial charge in [0.2, 0.25) is 11.9 Å². The van der Waals surface area contributed by atoms with Gasteiger partial charge in [-0.2, -0.15) is 0 Å². The minimum atomic E-state index is -0.823. The lowest BCUT2D eigenvalue weighted by Crippen LogP contribution is -2.33. The van der Waals surface area contributed by atoms with Crippen LogP contribution in [-0.4, -0.2) is 30.4 Å². The second-order valence-electron chi connectivity index (χ2n) is 5.82. The minimum Gasteiger partial charge on any atom is -0.494 e. The first-order valence-electron chi connectivity index (χ1n) is 8.47. The molecule has 1 aliphatic rings. The predicted molar refractivity (Wildman–Crippen MR) is 100 cm³/mol.